The summed E-state index contributed by atoms with van der Waals surface area (Å²) in [5.41, 5.74) is 8.24. The average Bonchev–Trinajstić information content (AvgIpc) is 3.42. The topological polar surface area (TPSA) is 30.2 Å². The average molecular weight is 508 g/mol. The molecule has 0 aliphatic rings. The van der Waals surface area contributed by atoms with Gasteiger partial charge in [-0.25, -0.2) is 9.50 Å². The summed E-state index contributed by atoms with van der Waals surface area (Å²) in [5.74, 6) is 0.684. The first-order valence-corrected chi connectivity index (χ1v) is 12.9. The lowest BCUT2D eigenvalue weighted by Crippen LogP contribution is -1.93. The zero-order valence-electron chi connectivity index (χ0n) is 20.4. The number of rotatable bonds is 4. The highest BCUT2D eigenvalue weighted by Crippen LogP contribution is 2.35. The number of fused-ring (bicyclic) bond motifs is 2. The summed E-state index contributed by atoms with van der Waals surface area (Å²) in [6.07, 6.45) is 2.05. The van der Waals surface area contributed by atoms with Gasteiger partial charge in [0.15, 0.2) is 11.5 Å². The van der Waals surface area contributed by atoms with E-state index in [0.29, 0.717) is 5.82 Å². The molecule has 0 fully saturated rings. The second-order valence-electron chi connectivity index (χ2n) is 9.30. The number of pyridine rings is 1. The Bertz CT molecular complexity index is 1910. The summed E-state index contributed by atoms with van der Waals surface area (Å²) in [6.45, 7) is 0. The lowest BCUT2D eigenvalue weighted by atomic mass is 10.00. The van der Waals surface area contributed by atoms with E-state index in [1.54, 1.807) is 0 Å². The van der Waals surface area contributed by atoms with Crippen LogP contribution in [0.25, 0.3) is 61.2 Å². The van der Waals surface area contributed by atoms with Gasteiger partial charge in [0.25, 0.3) is 0 Å². The molecule has 180 valence electrons. The van der Waals surface area contributed by atoms with E-state index in [2.05, 4.69) is 109 Å². The van der Waals surface area contributed by atoms with Gasteiger partial charge >= 0.3 is 0 Å². The molecule has 5 aromatic carbocycles. The van der Waals surface area contributed by atoms with Crippen LogP contribution in [0.4, 0.5) is 0 Å². The van der Waals surface area contributed by atoms with Crippen molar-refractivity contribution in [3.63, 3.8) is 0 Å². The fraction of sp³-hybridized carbons (Fsp3) is 0. The van der Waals surface area contributed by atoms with Gasteiger partial charge in [0, 0.05) is 33.8 Å². The largest absolute Gasteiger partial charge is 0.219 e. The van der Waals surface area contributed by atoms with Crippen molar-refractivity contribution in [3.8, 4) is 44.8 Å². The zero-order chi connectivity index (χ0) is 25.5. The van der Waals surface area contributed by atoms with E-state index in [-0.39, 0.29) is 0 Å². The third-order valence-electron chi connectivity index (χ3n) is 6.94. The zero-order valence-corrected chi connectivity index (χ0v) is 21.2. The van der Waals surface area contributed by atoms with Crippen molar-refractivity contribution in [1.29, 1.82) is 0 Å². The first kappa shape index (κ1) is 22.5. The van der Waals surface area contributed by atoms with Gasteiger partial charge in [-0.2, -0.15) is 0 Å². The first-order chi connectivity index (χ1) is 18.7. The van der Waals surface area contributed by atoms with E-state index >= 15 is 0 Å². The van der Waals surface area contributed by atoms with Crippen LogP contribution in [0.1, 0.15) is 0 Å². The van der Waals surface area contributed by atoms with Gasteiger partial charge in [0.05, 0.1) is 5.02 Å². The fourth-order valence-electron chi connectivity index (χ4n) is 4.98. The van der Waals surface area contributed by atoms with Crippen LogP contribution < -0.4 is 0 Å². The predicted molar refractivity (Wildman–Crippen MR) is 157 cm³/mol. The Kier molecular flexibility index (Phi) is 5.49. The Morgan fingerprint density at radius 2 is 1.16 bits per heavy atom. The van der Waals surface area contributed by atoms with Crippen molar-refractivity contribution in [3.05, 3.63) is 139 Å². The summed E-state index contributed by atoms with van der Waals surface area (Å²) in [6, 6.07) is 43.6. The van der Waals surface area contributed by atoms with Gasteiger partial charge in [-0.1, -0.05) is 133 Å². The summed E-state index contributed by atoms with van der Waals surface area (Å²) >= 11 is 6.80. The van der Waals surface area contributed by atoms with Crippen molar-refractivity contribution in [1.82, 2.24) is 14.6 Å². The molecule has 0 radical (unpaired) electrons. The minimum atomic E-state index is 0.684. The van der Waals surface area contributed by atoms with E-state index in [4.69, 9.17) is 21.7 Å². The number of hydrogen-bond acceptors (Lipinski definition) is 2. The minimum Gasteiger partial charge on any atom is -0.219 e. The molecule has 0 amide bonds. The van der Waals surface area contributed by atoms with Crippen LogP contribution in [-0.2, 0) is 0 Å². The lowest BCUT2D eigenvalue weighted by Gasteiger charge is -2.08. The Morgan fingerprint density at radius 1 is 0.526 bits per heavy atom. The maximum absolute atomic E-state index is 6.80. The molecule has 2 aromatic heterocycles. The van der Waals surface area contributed by atoms with E-state index in [0.717, 1.165) is 60.4 Å². The van der Waals surface area contributed by atoms with Gasteiger partial charge in [-0.15, -0.1) is 5.10 Å². The Balaban J connectivity index is 1.32. The monoisotopic (exact) mass is 507 g/mol. The summed E-state index contributed by atoms with van der Waals surface area (Å²) in [7, 11) is 0. The summed E-state index contributed by atoms with van der Waals surface area (Å²) < 4.78 is 1.90. The molecule has 0 aliphatic carbocycles. The van der Waals surface area contributed by atoms with Crippen molar-refractivity contribution in [2.45, 2.75) is 0 Å². The maximum Gasteiger partial charge on any atom is 0.182 e. The van der Waals surface area contributed by atoms with E-state index < -0.39 is 0 Å². The quantitative estimate of drug-likeness (QED) is 0.237. The first-order valence-electron chi connectivity index (χ1n) is 12.5. The SMILES string of the molecule is Clc1c(-c2ccc(-c3nc4c(-c5ccccc5)cc(-c5ccccc5)cn4n3)cc2)ccc2ccccc12. The normalized spacial score (nSPS) is 11.3. The van der Waals surface area contributed by atoms with Crippen LogP contribution in [-0.4, -0.2) is 14.6 Å². The molecule has 0 unspecified atom stereocenters. The van der Waals surface area contributed by atoms with Crippen molar-refractivity contribution >= 4 is 28.0 Å². The molecule has 0 bridgehead atoms. The highest BCUT2D eigenvalue weighted by molar-refractivity contribution is 6.38. The Morgan fingerprint density at radius 3 is 1.92 bits per heavy atom. The number of halogens is 1. The van der Waals surface area contributed by atoms with E-state index in [1.165, 1.54) is 0 Å². The van der Waals surface area contributed by atoms with Crippen LogP contribution in [0.5, 0.6) is 0 Å². The number of benzene rings is 5. The van der Waals surface area contributed by atoms with Crippen LogP contribution in [0.2, 0.25) is 5.02 Å². The second kappa shape index (κ2) is 9.29. The molecule has 7 rings (SSSR count). The molecule has 7 aromatic rings. The van der Waals surface area contributed by atoms with Gasteiger partial charge < -0.3 is 0 Å². The van der Waals surface area contributed by atoms with Gasteiger partial charge in [0.2, 0.25) is 0 Å². The third kappa shape index (κ3) is 3.94. The number of nitrogens with zero attached hydrogens (tertiary/aromatic N) is 3. The predicted octanol–water partition coefficient (Wildman–Crippen LogP) is 9.20. The molecule has 0 atom stereocenters. The van der Waals surface area contributed by atoms with Crippen molar-refractivity contribution in [2.24, 2.45) is 0 Å². The minimum absolute atomic E-state index is 0.684. The maximum atomic E-state index is 6.80. The highest BCUT2D eigenvalue weighted by Gasteiger charge is 2.15. The number of aromatic nitrogens is 3. The van der Waals surface area contributed by atoms with Gasteiger partial charge in [0.1, 0.15) is 0 Å². The standard InChI is InChI=1S/C34H22ClN3/c35-32-29-14-8-7-13-25(29)19-20-30(32)26-15-17-27(18-16-26)33-36-34-31(24-11-5-2-6-12-24)21-28(22-38(34)37-33)23-9-3-1-4-10-23/h1-22H. The molecule has 0 spiro atoms. The van der Waals surface area contributed by atoms with Crippen LogP contribution in [0, 0.1) is 0 Å². The lowest BCUT2D eigenvalue weighted by molar-refractivity contribution is 0.968. The Labute approximate surface area is 225 Å². The molecule has 0 saturated carbocycles. The van der Waals surface area contributed by atoms with Crippen molar-refractivity contribution in [2.75, 3.05) is 0 Å². The highest BCUT2D eigenvalue weighted by atomic mass is 35.5. The van der Waals surface area contributed by atoms with Crippen LogP contribution >= 0.6 is 11.6 Å². The molecule has 2 heterocycles. The third-order valence-corrected chi connectivity index (χ3v) is 7.35. The summed E-state index contributed by atoms with van der Waals surface area (Å²) in [5, 5.41) is 7.85. The molecule has 0 aliphatic heterocycles. The van der Waals surface area contributed by atoms with E-state index in [9.17, 15) is 0 Å². The van der Waals surface area contributed by atoms with Gasteiger partial charge in [-0.05, 0) is 28.1 Å². The van der Waals surface area contributed by atoms with Crippen LogP contribution in [0.3, 0.4) is 0 Å². The van der Waals surface area contributed by atoms with Gasteiger partial charge in [-0.3, -0.25) is 0 Å². The fourth-order valence-corrected chi connectivity index (χ4v) is 5.33. The Hall–Kier alpha value is -4.73. The molecule has 0 saturated heterocycles. The van der Waals surface area contributed by atoms with Crippen molar-refractivity contribution < 1.29 is 0 Å². The second-order valence-corrected chi connectivity index (χ2v) is 9.68. The molecule has 38 heavy (non-hydrogen) atoms. The smallest absolute Gasteiger partial charge is 0.182 e. The molecule has 4 heteroatoms. The molecule has 0 N–H and O–H groups in total. The van der Waals surface area contributed by atoms with E-state index in [1.807, 2.05) is 28.8 Å². The molecular weight excluding hydrogens is 486 g/mol. The number of hydrogen-bond donors (Lipinski definition) is 0. The summed E-state index contributed by atoms with van der Waals surface area (Å²) in [4.78, 5) is 4.98. The van der Waals surface area contributed by atoms with Crippen LogP contribution in [0.15, 0.2) is 134 Å². The molecule has 3 nitrogen and oxygen atoms in total. The molecular formula is C34H22ClN3.